The first-order valence-corrected chi connectivity index (χ1v) is 5.74. The molecule has 0 fully saturated rings. The van der Waals surface area contributed by atoms with Gasteiger partial charge in [-0.15, -0.1) is 0 Å². The van der Waals surface area contributed by atoms with Crippen LogP contribution >= 0.6 is 0 Å². The van der Waals surface area contributed by atoms with E-state index in [0.29, 0.717) is 6.54 Å². The Morgan fingerprint density at radius 3 is 2.83 bits per heavy atom. The molecule has 3 rings (SSSR count). The molecule has 3 aromatic rings. The highest BCUT2D eigenvalue weighted by atomic mass is 16.3. The summed E-state index contributed by atoms with van der Waals surface area (Å²) in [7, 11) is 0. The van der Waals surface area contributed by atoms with Gasteiger partial charge < -0.3 is 10.8 Å². The molecule has 0 aliphatic carbocycles. The highest BCUT2D eigenvalue weighted by molar-refractivity contribution is 5.81. The van der Waals surface area contributed by atoms with Gasteiger partial charge in [0.1, 0.15) is 5.75 Å². The molecule has 0 aliphatic heterocycles. The number of para-hydroxylation sites is 1. The molecule has 0 spiro atoms. The fraction of sp³-hybridized carbons (Fsp3) is 0.0714. The number of aromatic nitrogens is 2. The van der Waals surface area contributed by atoms with Gasteiger partial charge in [0.05, 0.1) is 17.4 Å². The molecule has 4 heteroatoms. The number of hydrogen-bond donors (Lipinski definition) is 2. The Morgan fingerprint density at radius 1 is 1.17 bits per heavy atom. The molecule has 18 heavy (non-hydrogen) atoms. The normalized spacial score (nSPS) is 10.9. The Bertz CT molecular complexity index is 703. The summed E-state index contributed by atoms with van der Waals surface area (Å²) in [5.74, 6) is 0.245. The molecule has 0 radical (unpaired) electrons. The molecule has 90 valence electrons. The third-order valence-corrected chi connectivity index (χ3v) is 2.99. The summed E-state index contributed by atoms with van der Waals surface area (Å²) in [6, 6.07) is 13.1. The van der Waals surface area contributed by atoms with Gasteiger partial charge in [-0.25, -0.2) is 4.68 Å². The van der Waals surface area contributed by atoms with E-state index in [1.54, 1.807) is 18.3 Å². The smallest absolute Gasteiger partial charge is 0.116 e. The van der Waals surface area contributed by atoms with Gasteiger partial charge in [-0.05, 0) is 29.8 Å². The van der Waals surface area contributed by atoms with E-state index in [1.165, 1.54) is 0 Å². The van der Waals surface area contributed by atoms with Crippen LogP contribution in [-0.2, 0) is 6.54 Å². The van der Waals surface area contributed by atoms with E-state index < -0.39 is 0 Å². The summed E-state index contributed by atoms with van der Waals surface area (Å²) >= 11 is 0. The minimum absolute atomic E-state index is 0.245. The lowest BCUT2D eigenvalue weighted by Crippen LogP contribution is -2.05. The first-order valence-electron chi connectivity index (χ1n) is 5.74. The number of benzene rings is 2. The lowest BCUT2D eigenvalue weighted by molar-refractivity contribution is 0.476. The Balaban J connectivity index is 2.26. The molecule has 1 heterocycles. The molecule has 0 amide bonds. The van der Waals surface area contributed by atoms with E-state index in [9.17, 15) is 5.11 Å². The van der Waals surface area contributed by atoms with Gasteiger partial charge in [-0.1, -0.05) is 18.2 Å². The second-order valence-electron chi connectivity index (χ2n) is 4.13. The molecule has 4 nitrogen and oxygen atoms in total. The Morgan fingerprint density at radius 2 is 2.00 bits per heavy atom. The first kappa shape index (κ1) is 10.8. The van der Waals surface area contributed by atoms with E-state index >= 15 is 0 Å². The number of nitrogens with two attached hydrogens (primary N) is 1. The second kappa shape index (κ2) is 4.16. The zero-order valence-electron chi connectivity index (χ0n) is 9.74. The SMILES string of the molecule is NCc1ccccc1-n1ncc2cc(O)ccc21. The molecule has 0 atom stereocenters. The molecule has 2 aromatic carbocycles. The van der Waals surface area contributed by atoms with Crippen molar-refractivity contribution in [2.24, 2.45) is 5.73 Å². The Hall–Kier alpha value is -2.33. The van der Waals surface area contributed by atoms with Crippen molar-refractivity contribution in [3.05, 3.63) is 54.2 Å². The van der Waals surface area contributed by atoms with Crippen LogP contribution in [0.2, 0.25) is 0 Å². The zero-order chi connectivity index (χ0) is 12.5. The van der Waals surface area contributed by atoms with Crippen molar-refractivity contribution in [1.82, 2.24) is 9.78 Å². The largest absolute Gasteiger partial charge is 0.508 e. The maximum atomic E-state index is 9.45. The summed E-state index contributed by atoms with van der Waals surface area (Å²) in [6.07, 6.45) is 1.74. The van der Waals surface area contributed by atoms with Gasteiger partial charge in [0, 0.05) is 11.9 Å². The van der Waals surface area contributed by atoms with Crippen LogP contribution in [0.15, 0.2) is 48.7 Å². The van der Waals surface area contributed by atoms with Gasteiger partial charge >= 0.3 is 0 Å². The number of rotatable bonds is 2. The predicted octanol–water partition coefficient (Wildman–Crippen LogP) is 2.19. The zero-order valence-corrected chi connectivity index (χ0v) is 9.74. The van der Waals surface area contributed by atoms with Crippen molar-refractivity contribution in [2.45, 2.75) is 6.54 Å². The minimum atomic E-state index is 0.245. The molecule has 0 saturated carbocycles. The summed E-state index contributed by atoms with van der Waals surface area (Å²) in [4.78, 5) is 0. The van der Waals surface area contributed by atoms with E-state index in [1.807, 2.05) is 35.0 Å². The van der Waals surface area contributed by atoms with Gasteiger partial charge in [-0.3, -0.25) is 0 Å². The van der Waals surface area contributed by atoms with E-state index in [0.717, 1.165) is 22.2 Å². The van der Waals surface area contributed by atoms with Crippen LogP contribution in [0.4, 0.5) is 0 Å². The summed E-state index contributed by atoms with van der Waals surface area (Å²) < 4.78 is 1.84. The molecule has 0 unspecified atom stereocenters. The summed E-state index contributed by atoms with van der Waals surface area (Å²) in [6.45, 7) is 0.468. The van der Waals surface area contributed by atoms with Crippen LogP contribution in [0.3, 0.4) is 0 Å². The molecule has 0 aliphatic rings. The van der Waals surface area contributed by atoms with E-state index in [-0.39, 0.29) is 5.75 Å². The molecule has 3 N–H and O–H groups in total. The highest BCUT2D eigenvalue weighted by Gasteiger charge is 2.08. The topological polar surface area (TPSA) is 64.1 Å². The maximum absolute atomic E-state index is 9.45. The standard InChI is InChI=1S/C14H13N3O/c15-8-10-3-1-2-4-13(10)17-14-6-5-12(18)7-11(14)9-16-17/h1-7,9,18H,8,15H2. The van der Waals surface area contributed by atoms with Crippen LogP contribution in [0, 0.1) is 0 Å². The molecule has 0 saturated heterocycles. The van der Waals surface area contributed by atoms with Crippen molar-refractivity contribution < 1.29 is 5.11 Å². The number of phenols is 1. The van der Waals surface area contributed by atoms with Crippen molar-refractivity contribution >= 4 is 10.9 Å². The third kappa shape index (κ3) is 1.63. The molecular weight excluding hydrogens is 226 g/mol. The molecule has 1 aromatic heterocycles. The predicted molar refractivity (Wildman–Crippen MR) is 70.6 cm³/mol. The van der Waals surface area contributed by atoms with Gasteiger partial charge in [-0.2, -0.15) is 5.10 Å². The monoisotopic (exact) mass is 239 g/mol. The van der Waals surface area contributed by atoms with Crippen LogP contribution in [-0.4, -0.2) is 14.9 Å². The fourth-order valence-electron chi connectivity index (χ4n) is 2.10. The van der Waals surface area contributed by atoms with Crippen molar-refractivity contribution in [1.29, 1.82) is 0 Å². The van der Waals surface area contributed by atoms with Gasteiger partial charge in [0.25, 0.3) is 0 Å². The summed E-state index contributed by atoms with van der Waals surface area (Å²) in [5, 5.41) is 14.7. The number of aromatic hydroxyl groups is 1. The van der Waals surface area contributed by atoms with Gasteiger partial charge in [0.2, 0.25) is 0 Å². The Labute approximate surface area is 104 Å². The maximum Gasteiger partial charge on any atom is 0.116 e. The Kier molecular flexibility index (Phi) is 2.50. The number of nitrogens with zero attached hydrogens (tertiary/aromatic N) is 2. The number of fused-ring (bicyclic) bond motifs is 1. The molecule has 0 bridgehead atoms. The van der Waals surface area contributed by atoms with Crippen LogP contribution < -0.4 is 5.73 Å². The van der Waals surface area contributed by atoms with Crippen LogP contribution in [0.25, 0.3) is 16.6 Å². The molecular formula is C14H13N3O. The quantitative estimate of drug-likeness (QED) is 0.720. The second-order valence-corrected chi connectivity index (χ2v) is 4.13. The van der Waals surface area contributed by atoms with Crippen molar-refractivity contribution in [2.75, 3.05) is 0 Å². The van der Waals surface area contributed by atoms with Crippen molar-refractivity contribution in [3.8, 4) is 11.4 Å². The van der Waals surface area contributed by atoms with Crippen LogP contribution in [0.1, 0.15) is 5.56 Å². The van der Waals surface area contributed by atoms with E-state index in [2.05, 4.69) is 5.10 Å². The highest BCUT2D eigenvalue weighted by Crippen LogP contribution is 2.23. The van der Waals surface area contributed by atoms with Gasteiger partial charge in [0.15, 0.2) is 0 Å². The average molecular weight is 239 g/mol. The minimum Gasteiger partial charge on any atom is -0.508 e. The average Bonchev–Trinajstić information content (AvgIpc) is 2.81. The van der Waals surface area contributed by atoms with Crippen molar-refractivity contribution in [3.63, 3.8) is 0 Å². The fourth-order valence-corrected chi connectivity index (χ4v) is 2.10. The summed E-state index contributed by atoms with van der Waals surface area (Å²) in [5.41, 5.74) is 8.71. The van der Waals surface area contributed by atoms with E-state index in [4.69, 9.17) is 5.73 Å². The third-order valence-electron chi connectivity index (χ3n) is 2.99. The lowest BCUT2D eigenvalue weighted by Gasteiger charge is -2.08. The number of phenolic OH excluding ortho intramolecular Hbond substituents is 1. The first-order chi connectivity index (χ1) is 8.79. The number of hydrogen-bond acceptors (Lipinski definition) is 3. The van der Waals surface area contributed by atoms with Crippen LogP contribution in [0.5, 0.6) is 5.75 Å². The lowest BCUT2D eigenvalue weighted by atomic mass is 10.1.